The van der Waals surface area contributed by atoms with Crippen LogP contribution in [0.1, 0.15) is 33.8 Å². The molecule has 5 heteroatoms. The summed E-state index contributed by atoms with van der Waals surface area (Å²) in [5.41, 5.74) is 2.01. The quantitative estimate of drug-likeness (QED) is 0.910. The van der Waals surface area contributed by atoms with Gasteiger partial charge in [-0.3, -0.25) is 4.79 Å². The molecular formula is C18H17NO4. The van der Waals surface area contributed by atoms with E-state index in [1.165, 1.54) is 12.1 Å². The number of carbonyl (C=O) groups is 2. The van der Waals surface area contributed by atoms with Crippen molar-refractivity contribution in [1.29, 1.82) is 0 Å². The molecule has 23 heavy (non-hydrogen) atoms. The van der Waals surface area contributed by atoms with Crippen LogP contribution in [-0.4, -0.2) is 23.6 Å². The normalized spacial score (nSPS) is 16.1. The molecule has 2 aromatic carbocycles. The number of benzene rings is 2. The Hall–Kier alpha value is -2.82. The summed E-state index contributed by atoms with van der Waals surface area (Å²) < 4.78 is 5.57. The van der Waals surface area contributed by atoms with E-state index in [4.69, 9.17) is 9.84 Å². The van der Waals surface area contributed by atoms with Crippen LogP contribution in [0.5, 0.6) is 5.75 Å². The number of para-hydroxylation sites is 1. The van der Waals surface area contributed by atoms with Gasteiger partial charge in [0.15, 0.2) is 0 Å². The maximum Gasteiger partial charge on any atom is 0.335 e. The van der Waals surface area contributed by atoms with E-state index < -0.39 is 5.97 Å². The third-order valence-electron chi connectivity index (χ3n) is 3.94. The van der Waals surface area contributed by atoms with Gasteiger partial charge in [-0.2, -0.15) is 0 Å². The molecule has 1 aliphatic rings. The van der Waals surface area contributed by atoms with Crippen LogP contribution in [-0.2, 0) is 11.3 Å². The summed E-state index contributed by atoms with van der Waals surface area (Å²) in [6.07, 6.45) is 0.654. The Kier molecular flexibility index (Phi) is 4.28. The number of ether oxygens (including phenoxy) is 1. The first-order chi connectivity index (χ1) is 11.1. The molecule has 0 bridgehead atoms. The highest BCUT2D eigenvalue weighted by Crippen LogP contribution is 2.33. The monoisotopic (exact) mass is 311 g/mol. The maximum atomic E-state index is 12.4. The third kappa shape index (κ3) is 3.34. The molecule has 2 aromatic rings. The molecule has 1 heterocycles. The lowest BCUT2D eigenvalue weighted by Crippen LogP contribution is -2.32. The summed E-state index contributed by atoms with van der Waals surface area (Å²) in [6.45, 7) is 0.903. The number of hydrogen-bond donors (Lipinski definition) is 2. The molecule has 1 amide bonds. The lowest BCUT2D eigenvalue weighted by atomic mass is 9.92. The number of nitrogens with one attached hydrogen (secondary N) is 1. The van der Waals surface area contributed by atoms with Gasteiger partial charge in [0.05, 0.1) is 18.1 Å². The number of carbonyl (C=O) groups excluding carboxylic acids is 1. The van der Waals surface area contributed by atoms with Crippen LogP contribution in [0.25, 0.3) is 0 Å². The molecule has 0 spiro atoms. The third-order valence-corrected chi connectivity index (χ3v) is 3.94. The fourth-order valence-corrected chi connectivity index (χ4v) is 2.69. The molecule has 0 saturated carbocycles. The van der Waals surface area contributed by atoms with Crippen LogP contribution in [0.2, 0.25) is 0 Å². The van der Waals surface area contributed by atoms with Crippen LogP contribution < -0.4 is 10.1 Å². The molecule has 5 nitrogen and oxygen atoms in total. The van der Waals surface area contributed by atoms with Gasteiger partial charge in [0.2, 0.25) is 5.91 Å². The van der Waals surface area contributed by atoms with Gasteiger partial charge in [-0.15, -0.1) is 0 Å². The van der Waals surface area contributed by atoms with Crippen molar-refractivity contribution < 1.29 is 19.4 Å². The van der Waals surface area contributed by atoms with Crippen LogP contribution in [0.15, 0.2) is 48.5 Å². The zero-order chi connectivity index (χ0) is 16.2. The van der Waals surface area contributed by atoms with E-state index in [0.717, 1.165) is 16.9 Å². The Morgan fingerprint density at radius 1 is 1.13 bits per heavy atom. The number of carboxylic acid groups (broad SMARTS) is 1. The molecular weight excluding hydrogens is 294 g/mol. The summed E-state index contributed by atoms with van der Waals surface area (Å²) in [5.74, 6) is -0.439. The summed E-state index contributed by atoms with van der Waals surface area (Å²) in [6, 6.07) is 14.1. The lowest BCUT2D eigenvalue weighted by Gasteiger charge is -2.25. The van der Waals surface area contributed by atoms with Gasteiger partial charge in [0.25, 0.3) is 0 Å². The van der Waals surface area contributed by atoms with Crippen LogP contribution in [0, 0.1) is 0 Å². The van der Waals surface area contributed by atoms with Gasteiger partial charge < -0.3 is 15.2 Å². The van der Waals surface area contributed by atoms with Gasteiger partial charge in [-0.25, -0.2) is 4.79 Å². The molecule has 0 unspecified atom stereocenters. The van der Waals surface area contributed by atoms with Crippen molar-refractivity contribution in [2.24, 2.45) is 0 Å². The Bertz CT molecular complexity index is 724. The highest BCUT2D eigenvalue weighted by atomic mass is 16.5. The maximum absolute atomic E-state index is 12.4. The Balaban J connectivity index is 1.65. The van der Waals surface area contributed by atoms with E-state index in [0.29, 0.717) is 19.6 Å². The molecule has 3 rings (SSSR count). The average Bonchev–Trinajstić information content (AvgIpc) is 2.59. The smallest absolute Gasteiger partial charge is 0.335 e. The largest absolute Gasteiger partial charge is 0.493 e. The predicted octanol–water partition coefficient (Wildman–Crippen LogP) is 2.57. The van der Waals surface area contributed by atoms with Crippen molar-refractivity contribution in [3.05, 3.63) is 65.2 Å². The molecule has 1 aliphatic heterocycles. The van der Waals surface area contributed by atoms with Gasteiger partial charge in [-0.1, -0.05) is 30.3 Å². The predicted molar refractivity (Wildman–Crippen MR) is 84.5 cm³/mol. The van der Waals surface area contributed by atoms with Crippen LogP contribution in [0.3, 0.4) is 0 Å². The van der Waals surface area contributed by atoms with Crippen LogP contribution in [0.4, 0.5) is 0 Å². The molecule has 0 aliphatic carbocycles. The Labute approximate surface area is 133 Å². The van der Waals surface area contributed by atoms with Gasteiger partial charge in [0.1, 0.15) is 5.75 Å². The van der Waals surface area contributed by atoms with E-state index in [-0.39, 0.29) is 17.4 Å². The van der Waals surface area contributed by atoms with Gasteiger partial charge >= 0.3 is 5.97 Å². The number of rotatable bonds is 4. The highest BCUT2D eigenvalue weighted by molar-refractivity contribution is 5.87. The van der Waals surface area contributed by atoms with E-state index in [2.05, 4.69) is 5.32 Å². The first-order valence-electron chi connectivity index (χ1n) is 7.47. The van der Waals surface area contributed by atoms with E-state index >= 15 is 0 Å². The number of fused-ring (bicyclic) bond motifs is 1. The zero-order valence-electron chi connectivity index (χ0n) is 12.5. The average molecular weight is 311 g/mol. The van der Waals surface area contributed by atoms with E-state index in [9.17, 15) is 9.59 Å². The summed E-state index contributed by atoms with van der Waals surface area (Å²) in [5, 5.41) is 11.8. The minimum atomic E-state index is -0.959. The van der Waals surface area contributed by atoms with Crippen molar-refractivity contribution in [3.63, 3.8) is 0 Å². The summed E-state index contributed by atoms with van der Waals surface area (Å²) >= 11 is 0. The topological polar surface area (TPSA) is 75.6 Å². The molecule has 1 atom stereocenters. The first kappa shape index (κ1) is 15.1. The van der Waals surface area contributed by atoms with Crippen molar-refractivity contribution in [2.45, 2.75) is 18.9 Å². The fourth-order valence-electron chi connectivity index (χ4n) is 2.69. The first-order valence-corrected chi connectivity index (χ1v) is 7.47. The number of aromatic carboxylic acids is 1. The van der Waals surface area contributed by atoms with Crippen LogP contribution >= 0.6 is 0 Å². The highest BCUT2D eigenvalue weighted by Gasteiger charge is 2.27. The number of hydrogen-bond acceptors (Lipinski definition) is 3. The SMILES string of the molecule is O=C(O)c1ccc(CNC(=O)[C@@H]2CCOc3ccccc32)cc1. The Morgan fingerprint density at radius 2 is 1.87 bits per heavy atom. The Morgan fingerprint density at radius 3 is 2.61 bits per heavy atom. The number of carboxylic acids is 1. The molecule has 0 radical (unpaired) electrons. The minimum absolute atomic E-state index is 0.0388. The molecule has 0 saturated heterocycles. The molecule has 2 N–H and O–H groups in total. The van der Waals surface area contributed by atoms with E-state index in [1.807, 2.05) is 24.3 Å². The molecule has 118 valence electrons. The summed E-state index contributed by atoms with van der Waals surface area (Å²) in [4.78, 5) is 23.3. The van der Waals surface area contributed by atoms with Crippen molar-refractivity contribution in [1.82, 2.24) is 5.32 Å². The fraction of sp³-hybridized carbons (Fsp3) is 0.222. The van der Waals surface area contributed by atoms with Crippen molar-refractivity contribution in [3.8, 4) is 5.75 Å². The zero-order valence-corrected chi connectivity index (χ0v) is 12.5. The van der Waals surface area contributed by atoms with Crippen molar-refractivity contribution >= 4 is 11.9 Å². The van der Waals surface area contributed by atoms with Gasteiger partial charge in [-0.05, 0) is 30.2 Å². The second-order valence-electron chi connectivity index (χ2n) is 5.45. The minimum Gasteiger partial charge on any atom is -0.493 e. The molecule has 0 aromatic heterocycles. The lowest BCUT2D eigenvalue weighted by molar-refractivity contribution is -0.123. The van der Waals surface area contributed by atoms with E-state index in [1.54, 1.807) is 12.1 Å². The number of amides is 1. The second kappa shape index (κ2) is 6.52. The van der Waals surface area contributed by atoms with Gasteiger partial charge in [0, 0.05) is 12.1 Å². The van der Waals surface area contributed by atoms with Crippen molar-refractivity contribution in [2.75, 3.05) is 6.61 Å². The second-order valence-corrected chi connectivity index (χ2v) is 5.45. The molecule has 0 fully saturated rings. The standard InChI is InChI=1S/C18H17NO4/c20-17(15-9-10-23-16-4-2-1-3-14(15)16)19-11-12-5-7-13(8-6-12)18(21)22/h1-8,15H,9-11H2,(H,19,20)(H,21,22)/t15-/m1/s1. The summed E-state index contributed by atoms with van der Waals surface area (Å²) in [7, 11) is 0.